The van der Waals surface area contributed by atoms with Crippen molar-refractivity contribution in [2.75, 3.05) is 25.0 Å². The second-order valence-corrected chi connectivity index (χ2v) is 9.41. The number of anilines is 1. The predicted molar refractivity (Wildman–Crippen MR) is 134 cm³/mol. The second-order valence-electron chi connectivity index (χ2n) is 8.37. The van der Waals surface area contributed by atoms with Crippen LogP contribution in [-0.4, -0.2) is 46.5 Å². The zero-order valence-corrected chi connectivity index (χ0v) is 19.2. The van der Waals surface area contributed by atoms with Crippen LogP contribution in [0.15, 0.2) is 73.1 Å². The van der Waals surface area contributed by atoms with Crippen LogP contribution in [0.4, 0.5) is 5.82 Å². The highest BCUT2D eigenvalue weighted by molar-refractivity contribution is 7.21. The zero-order valence-electron chi connectivity index (χ0n) is 18.4. The van der Waals surface area contributed by atoms with E-state index >= 15 is 0 Å². The fourth-order valence-corrected chi connectivity index (χ4v) is 5.27. The molecule has 6 nitrogen and oxygen atoms in total. The normalized spacial score (nSPS) is 14.9. The number of benzene rings is 2. The van der Waals surface area contributed by atoms with Gasteiger partial charge in [0.2, 0.25) is 5.91 Å². The minimum atomic E-state index is 0.00165. The van der Waals surface area contributed by atoms with Gasteiger partial charge < -0.3 is 10.6 Å². The Hall–Kier alpha value is -3.29. The van der Waals surface area contributed by atoms with Crippen molar-refractivity contribution in [2.24, 2.45) is 0 Å². The van der Waals surface area contributed by atoms with Crippen LogP contribution >= 0.6 is 11.3 Å². The molecular formula is C26H27N5OS. The Labute approximate surface area is 197 Å². The number of carbonyl (C=O) groups excluding carboxylic acids is 1. The molecule has 2 aromatic carbocycles. The lowest BCUT2D eigenvalue weighted by atomic mass is 10.0. The molecule has 1 aliphatic heterocycles. The third-order valence-electron chi connectivity index (χ3n) is 6.01. The maximum atomic E-state index is 12.6. The third kappa shape index (κ3) is 5.38. The van der Waals surface area contributed by atoms with E-state index in [1.165, 1.54) is 5.56 Å². The van der Waals surface area contributed by atoms with Gasteiger partial charge in [-0.1, -0.05) is 60.7 Å². The van der Waals surface area contributed by atoms with Gasteiger partial charge in [0.05, 0.1) is 11.9 Å². The number of nitrogens with one attached hydrogen (secondary N) is 2. The van der Waals surface area contributed by atoms with Crippen molar-refractivity contribution in [3.05, 3.63) is 78.6 Å². The monoisotopic (exact) mass is 457 g/mol. The lowest BCUT2D eigenvalue weighted by Gasteiger charge is -2.32. The van der Waals surface area contributed by atoms with Crippen molar-refractivity contribution >= 4 is 33.3 Å². The topological polar surface area (TPSA) is 70.1 Å². The molecule has 0 aliphatic carbocycles. The first-order chi connectivity index (χ1) is 16.2. The largest absolute Gasteiger partial charge is 0.360 e. The van der Waals surface area contributed by atoms with Gasteiger partial charge in [0.1, 0.15) is 17.0 Å². The first kappa shape index (κ1) is 21.6. The second kappa shape index (κ2) is 10.1. The molecule has 1 amide bonds. The molecule has 2 N–H and O–H groups in total. The number of likely N-dealkylation sites (tertiary alicyclic amines) is 1. The fourth-order valence-electron chi connectivity index (χ4n) is 4.26. The smallest absolute Gasteiger partial charge is 0.239 e. The summed E-state index contributed by atoms with van der Waals surface area (Å²) >= 11 is 1.63. The molecule has 1 fully saturated rings. The van der Waals surface area contributed by atoms with Crippen molar-refractivity contribution in [3.8, 4) is 10.4 Å². The fraction of sp³-hybridized carbons (Fsp3) is 0.269. The summed E-state index contributed by atoms with van der Waals surface area (Å²) in [6, 6.07) is 23.1. The van der Waals surface area contributed by atoms with Crippen LogP contribution in [0, 0.1) is 0 Å². The number of aromatic nitrogens is 2. The van der Waals surface area contributed by atoms with Crippen molar-refractivity contribution < 1.29 is 4.79 Å². The Balaban J connectivity index is 1.14. The summed E-state index contributed by atoms with van der Waals surface area (Å²) in [5.41, 5.74) is 2.49. The molecule has 3 heterocycles. The summed E-state index contributed by atoms with van der Waals surface area (Å²) in [6.45, 7) is 3.17. The molecule has 1 saturated heterocycles. The maximum absolute atomic E-state index is 12.6. The van der Waals surface area contributed by atoms with Crippen molar-refractivity contribution in [1.29, 1.82) is 0 Å². The summed E-state index contributed by atoms with van der Waals surface area (Å²) in [6.07, 6.45) is 3.50. The molecule has 33 heavy (non-hydrogen) atoms. The van der Waals surface area contributed by atoms with E-state index in [0.717, 1.165) is 53.1 Å². The number of rotatable bonds is 7. The first-order valence-corrected chi connectivity index (χ1v) is 12.2. The third-order valence-corrected chi connectivity index (χ3v) is 7.10. The van der Waals surface area contributed by atoms with E-state index in [-0.39, 0.29) is 18.5 Å². The molecule has 0 saturated carbocycles. The molecule has 1 aliphatic rings. The van der Waals surface area contributed by atoms with Crippen LogP contribution in [0.3, 0.4) is 0 Å². The highest BCUT2D eigenvalue weighted by Gasteiger charge is 2.21. The van der Waals surface area contributed by atoms with Crippen LogP contribution in [0.1, 0.15) is 18.4 Å². The summed E-state index contributed by atoms with van der Waals surface area (Å²) in [4.78, 5) is 25.9. The van der Waals surface area contributed by atoms with E-state index in [0.29, 0.717) is 5.82 Å². The van der Waals surface area contributed by atoms with Gasteiger partial charge in [0.25, 0.3) is 0 Å². The standard InChI is InChI=1S/C26H27N5OS/c32-24(30-21-11-13-31(14-12-21)17-19-7-3-1-4-8-19)16-27-25-22-15-23(20-9-5-2-6-10-20)33-26(22)29-18-28-25/h1-10,15,18,21H,11-14,16-17H2,(H,30,32)(H,27,28,29). The molecule has 0 bridgehead atoms. The van der Waals surface area contributed by atoms with Gasteiger partial charge in [-0.05, 0) is 30.0 Å². The Kier molecular flexibility index (Phi) is 6.60. The Bertz CT molecular complexity index is 1200. The van der Waals surface area contributed by atoms with Crippen LogP contribution < -0.4 is 10.6 Å². The molecule has 0 unspecified atom stereocenters. The Morgan fingerprint density at radius 2 is 1.73 bits per heavy atom. The zero-order chi connectivity index (χ0) is 22.5. The highest BCUT2D eigenvalue weighted by atomic mass is 32.1. The number of carbonyl (C=O) groups is 1. The number of amides is 1. The molecule has 5 rings (SSSR count). The van der Waals surface area contributed by atoms with E-state index in [1.807, 2.05) is 24.3 Å². The van der Waals surface area contributed by atoms with Crippen molar-refractivity contribution in [3.63, 3.8) is 0 Å². The number of hydrogen-bond acceptors (Lipinski definition) is 6. The molecule has 168 valence electrons. The van der Waals surface area contributed by atoms with Crippen molar-refractivity contribution in [1.82, 2.24) is 20.2 Å². The molecule has 4 aromatic rings. The number of fused-ring (bicyclic) bond motifs is 1. The molecule has 0 spiro atoms. The number of piperidine rings is 1. The number of nitrogens with zero attached hydrogens (tertiary/aromatic N) is 3. The van der Waals surface area contributed by atoms with Gasteiger partial charge in [0, 0.05) is 30.6 Å². The van der Waals surface area contributed by atoms with E-state index < -0.39 is 0 Å². The highest BCUT2D eigenvalue weighted by Crippen LogP contribution is 2.34. The average molecular weight is 458 g/mol. The van der Waals surface area contributed by atoms with Gasteiger partial charge in [-0.25, -0.2) is 9.97 Å². The number of thiophene rings is 1. The summed E-state index contributed by atoms with van der Waals surface area (Å²) in [5.74, 6) is 0.702. The molecule has 7 heteroatoms. The maximum Gasteiger partial charge on any atom is 0.239 e. The minimum Gasteiger partial charge on any atom is -0.360 e. The molecule has 0 atom stereocenters. The van der Waals surface area contributed by atoms with Crippen LogP contribution in [0.5, 0.6) is 0 Å². The minimum absolute atomic E-state index is 0.00165. The summed E-state index contributed by atoms with van der Waals surface area (Å²) < 4.78 is 0. The van der Waals surface area contributed by atoms with E-state index in [4.69, 9.17) is 0 Å². The predicted octanol–water partition coefficient (Wildman–Crippen LogP) is 4.55. The quantitative estimate of drug-likeness (QED) is 0.426. The van der Waals surface area contributed by atoms with E-state index in [9.17, 15) is 4.79 Å². The van der Waals surface area contributed by atoms with Gasteiger partial charge in [-0.2, -0.15) is 0 Å². The van der Waals surface area contributed by atoms with Crippen molar-refractivity contribution in [2.45, 2.75) is 25.4 Å². The van der Waals surface area contributed by atoms with E-state index in [2.05, 4.69) is 68.0 Å². The molecule has 2 aromatic heterocycles. The summed E-state index contributed by atoms with van der Waals surface area (Å²) in [7, 11) is 0. The first-order valence-electron chi connectivity index (χ1n) is 11.3. The average Bonchev–Trinajstić information content (AvgIpc) is 3.30. The SMILES string of the molecule is O=C(CNc1ncnc2sc(-c3ccccc3)cc12)NC1CCN(Cc2ccccc2)CC1. The lowest BCUT2D eigenvalue weighted by molar-refractivity contribution is -0.120. The Morgan fingerprint density at radius 1 is 1.00 bits per heavy atom. The van der Waals surface area contributed by atoms with Crippen LogP contribution in [0.2, 0.25) is 0 Å². The lowest BCUT2D eigenvalue weighted by Crippen LogP contribution is -2.45. The van der Waals surface area contributed by atoms with E-state index in [1.54, 1.807) is 17.7 Å². The van der Waals surface area contributed by atoms with Gasteiger partial charge >= 0.3 is 0 Å². The van der Waals surface area contributed by atoms with Crippen LogP contribution in [0.25, 0.3) is 20.7 Å². The summed E-state index contributed by atoms with van der Waals surface area (Å²) in [5, 5.41) is 7.35. The van der Waals surface area contributed by atoms with Gasteiger partial charge in [-0.3, -0.25) is 9.69 Å². The Morgan fingerprint density at radius 3 is 2.48 bits per heavy atom. The van der Waals surface area contributed by atoms with Crippen LogP contribution in [-0.2, 0) is 11.3 Å². The van der Waals surface area contributed by atoms with Gasteiger partial charge in [-0.15, -0.1) is 11.3 Å². The molecular weight excluding hydrogens is 430 g/mol. The van der Waals surface area contributed by atoms with Gasteiger partial charge in [0.15, 0.2) is 0 Å². The number of hydrogen-bond donors (Lipinski definition) is 2. The molecule has 0 radical (unpaired) electrons.